The molecule has 0 radical (unpaired) electrons. The molecule has 1 saturated heterocycles. The molecule has 4 rings (SSSR count). The zero-order valence-corrected chi connectivity index (χ0v) is 19.2. The first-order valence-corrected chi connectivity index (χ1v) is 11.4. The third kappa shape index (κ3) is 5.99. The highest BCUT2D eigenvalue weighted by Gasteiger charge is 2.25. The van der Waals surface area contributed by atoms with Gasteiger partial charge >= 0.3 is 0 Å². The van der Waals surface area contributed by atoms with Gasteiger partial charge in [-0.1, -0.05) is 36.7 Å². The quantitative estimate of drug-likeness (QED) is 0.519. The second kappa shape index (κ2) is 10.6. The lowest BCUT2D eigenvalue weighted by Crippen LogP contribution is -2.40. The first kappa shape index (κ1) is 23.0. The smallest absolute Gasteiger partial charge is 0.224 e. The molecule has 1 N–H and O–H groups in total. The van der Waals surface area contributed by atoms with Crippen LogP contribution in [0.15, 0.2) is 54.9 Å². The average Bonchev–Trinajstić information content (AvgIpc) is 2.85. The number of carbonyl (C=O) groups is 1. The van der Waals surface area contributed by atoms with Crippen LogP contribution in [0.3, 0.4) is 0 Å². The lowest BCUT2D eigenvalue weighted by molar-refractivity contribution is -0.125. The van der Waals surface area contributed by atoms with E-state index in [1.54, 1.807) is 6.07 Å². The molecule has 1 aromatic heterocycles. The number of amides is 1. The summed E-state index contributed by atoms with van der Waals surface area (Å²) in [4.78, 5) is 23.3. The summed E-state index contributed by atoms with van der Waals surface area (Å²) in [5, 5.41) is 2.99. The molecule has 33 heavy (non-hydrogen) atoms. The molecule has 1 amide bonds. The first-order chi connectivity index (χ1) is 16.0. The molecule has 172 valence electrons. The fourth-order valence-electron chi connectivity index (χ4n) is 3.83. The number of ether oxygens (including phenoxy) is 1. The number of nitrogens with one attached hydrogen (secondary N) is 1. The second-order valence-electron chi connectivity index (χ2n) is 8.04. The van der Waals surface area contributed by atoms with E-state index in [-0.39, 0.29) is 16.8 Å². The van der Waals surface area contributed by atoms with Crippen molar-refractivity contribution in [3.05, 3.63) is 76.8 Å². The highest BCUT2D eigenvalue weighted by atomic mass is 35.5. The van der Waals surface area contributed by atoms with Crippen LogP contribution in [0.4, 0.5) is 10.2 Å². The summed E-state index contributed by atoms with van der Waals surface area (Å²) in [5.41, 5.74) is 2.02. The van der Waals surface area contributed by atoms with Crippen LogP contribution in [0.5, 0.6) is 11.6 Å². The van der Waals surface area contributed by atoms with Crippen molar-refractivity contribution in [3.63, 3.8) is 0 Å². The summed E-state index contributed by atoms with van der Waals surface area (Å²) in [6.45, 7) is 3.86. The van der Waals surface area contributed by atoms with Crippen LogP contribution >= 0.6 is 11.6 Å². The predicted octanol–water partition coefficient (Wildman–Crippen LogP) is 5.16. The Hall–Kier alpha value is -3.19. The van der Waals surface area contributed by atoms with E-state index >= 15 is 0 Å². The Morgan fingerprint density at radius 2 is 1.85 bits per heavy atom. The number of halogens is 2. The maximum atomic E-state index is 13.3. The van der Waals surface area contributed by atoms with Crippen molar-refractivity contribution in [2.24, 2.45) is 5.92 Å². The van der Waals surface area contributed by atoms with E-state index in [9.17, 15) is 9.18 Å². The molecular weight excluding hydrogens is 443 g/mol. The SMILES string of the molecule is CCc1ccc(Oc2cc(N3CCC(C(=O)NCc4ccc(F)c(Cl)c4)CC3)ncn2)cc1. The average molecular weight is 469 g/mol. The highest BCUT2D eigenvalue weighted by molar-refractivity contribution is 6.30. The van der Waals surface area contributed by atoms with Gasteiger partial charge in [0, 0.05) is 31.6 Å². The molecule has 2 heterocycles. The highest BCUT2D eigenvalue weighted by Crippen LogP contribution is 2.26. The summed E-state index contributed by atoms with van der Waals surface area (Å²) in [7, 11) is 0. The van der Waals surface area contributed by atoms with Gasteiger partial charge in [0.25, 0.3) is 0 Å². The molecule has 1 fully saturated rings. The molecule has 6 nitrogen and oxygen atoms in total. The molecule has 0 bridgehead atoms. The molecule has 8 heteroatoms. The van der Waals surface area contributed by atoms with Gasteiger partial charge in [0.2, 0.25) is 11.8 Å². The van der Waals surface area contributed by atoms with Crippen LogP contribution in [0.1, 0.15) is 30.9 Å². The van der Waals surface area contributed by atoms with Crippen LogP contribution in [0.25, 0.3) is 0 Å². The van der Waals surface area contributed by atoms with E-state index in [4.69, 9.17) is 16.3 Å². The Morgan fingerprint density at radius 1 is 1.12 bits per heavy atom. The van der Waals surface area contributed by atoms with E-state index in [0.717, 1.165) is 23.6 Å². The van der Waals surface area contributed by atoms with Crippen LogP contribution in [0, 0.1) is 11.7 Å². The van der Waals surface area contributed by atoms with E-state index in [1.165, 1.54) is 24.0 Å². The van der Waals surface area contributed by atoms with Crippen molar-refractivity contribution < 1.29 is 13.9 Å². The lowest BCUT2D eigenvalue weighted by atomic mass is 9.96. The van der Waals surface area contributed by atoms with Gasteiger partial charge < -0.3 is 15.0 Å². The molecule has 1 aliphatic rings. The minimum atomic E-state index is -0.466. The largest absolute Gasteiger partial charge is 0.439 e. The Morgan fingerprint density at radius 3 is 2.55 bits per heavy atom. The van der Waals surface area contributed by atoms with Crippen molar-refractivity contribution in [3.8, 4) is 11.6 Å². The maximum absolute atomic E-state index is 13.3. The van der Waals surface area contributed by atoms with Crippen LogP contribution in [-0.4, -0.2) is 29.0 Å². The van der Waals surface area contributed by atoms with Gasteiger partial charge in [-0.3, -0.25) is 4.79 Å². The number of nitrogens with zero attached hydrogens (tertiary/aromatic N) is 3. The summed E-state index contributed by atoms with van der Waals surface area (Å²) in [6.07, 6.45) is 3.91. The second-order valence-corrected chi connectivity index (χ2v) is 8.45. The number of hydrogen-bond donors (Lipinski definition) is 1. The minimum absolute atomic E-state index is 0.00247. The zero-order chi connectivity index (χ0) is 23.2. The predicted molar refractivity (Wildman–Crippen MR) is 126 cm³/mol. The summed E-state index contributed by atoms with van der Waals surface area (Å²) < 4.78 is 19.2. The van der Waals surface area contributed by atoms with E-state index in [1.807, 2.05) is 30.3 Å². The summed E-state index contributed by atoms with van der Waals surface area (Å²) in [6, 6.07) is 14.2. The van der Waals surface area contributed by atoms with Gasteiger partial charge in [0.15, 0.2) is 0 Å². The molecule has 2 aromatic carbocycles. The zero-order valence-electron chi connectivity index (χ0n) is 18.4. The Balaban J connectivity index is 1.29. The van der Waals surface area contributed by atoms with E-state index < -0.39 is 5.82 Å². The fraction of sp³-hybridized carbons (Fsp3) is 0.320. The van der Waals surface area contributed by atoms with Crippen LogP contribution in [0.2, 0.25) is 5.02 Å². The Labute approximate surface area is 197 Å². The number of hydrogen-bond acceptors (Lipinski definition) is 5. The van der Waals surface area contributed by atoms with E-state index in [2.05, 4.69) is 27.1 Å². The number of aryl methyl sites for hydroxylation is 1. The van der Waals surface area contributed by atoms with Gasteiger partial charge in [-0.15, -0.1) is 0 Å². The number of anilines is 1. The van der Waals surface area contributed by atoms with Gasteiger partial charge in [0.1, 0.15) is 23.7 Å². The number of aromatic nitrogens is 2. The normalized spacial score (nSPS) is 14.2. The van der Waals surface area contributed by atoms with Crippen molar-refractivity contribution in [2.75, 3.05) is 18.0 Å². The first-order valence-electron chi connectivity index (χ1n) is 11.1. The van der Waals surface area contributed by atoms with Gasteiger partial charge in [-0.25, -0.2) is 14.4 Å². The number of rotatable bonds is 7. The third-order valence-electron chi connectivity index (χ3n) is 5.82. The molecule has 0 aliphatic carbocycles. The summed E-state index contributed by atoms with van der Waals surface area (Å²) >= 11 is 5.81. The van der Waals surface area contributed by atoms with Crippen LogP contribution < -0.4 is 15.0 Å². The standard InChI is InChI=1S/C25H26ClFN4O2/c1-2-17-3-6-20(7-4-17)33-24-14-23(29-16-30-24)31-11-9-19(10-12-31)25(32)28-15-18-5-8-22(27)21(26)13-18/h3-8,13-14,16,19H,2,9-12,15H2,1H3,(H,28,32). The Kier molecular flexibility index (Phi) is 7.40. The molecule has 0 saturated carbocycles. The molecule has 0 unspecified atom stereocenters. The molecule has 1 aliphatic heterocycles. The van der Waals surface area contributed by atoms with Gasteiger partial charge in [-0.2, -0.15) is 0 Å². The van der Waals surface area contributed by atoms with Crippen molar-refractivity contribution >= 4 is 23.3 Å². The minimum Gasteiger partial charge on any atom is -0.439 e. The Bertz CT molecular complexity index is 1100. The van der Waals surface area contributed by atoms with Crippen molar-refractivity contribution in [1.82, 2.24) is 15.3 Å². The lowest BCUT2D eigenvalue weighted by Gasteiger charge is -2.32. The molecule has 3 aromatic rings. The summed E-state index contributed by atoms with van der Waals surface area (Å²) in [5.74, 6) is 1.46. The topological polar surface area (TPSA) is 67.3 Å². The number of benzene rings is 2. The van der Waals surface area contributed by atoms with Crippen molar-refractivity contribution in [2.45, 2.75) is 32.7 Å². The van der Waals surface area contributed by atoms with Crippen LogP contribution in [-0.2, 0) is 17.8 Å². The number of piperidine rings is 1. The number of carbonyl (C=O) groups excluding carboxylic acids is 1. The third-order valence-corrected chi connectivity index (χ3v) is 6.11. The molecule has 0 spiro atoms. The van der Waals surface area contributed by atoms with Gasteiger partial charge in [-0.05, 0) is 54.7 Å². The fourth-order valence-corrected chi connectivity index (χ4v) is 4.03. The van der Waals surface area contributed by atoms with Crippen molar-refractivity contribution in [1.29, 1.82) is 0 Å². The maximum Gasteiger partial charge on any atom is 0.224 e. The molecule has 0 atom stereocenters. The van der Waals surface area contributed by atoms with E-state index in [0.29, 0.717) is 38.4 Å². The monoisotopic (exact) mass is 468 g/mol. The van der Waals surface area contributed by atoms with Gasteiger partial charge in [0.05, 0.1) is 5.02 Å². The molecular formula is C25H26ClFN4O2.